The fourth-order valence-corrected chi connectivity index (χ4v) is 4.49. The normalized spacial score (nSPS) is 11.3. The molecule has 0 radical (unpaired) electrons. The van der Waals surface area contributed by atoms with Crippen molar-refractivity contribution in [1.29, 1.82) is 10.5 Å². The molecule has 0 saturated carbocycles. The number of rotatable bonds is 9. The van der Waals surface area contributed by atoms with Gasteiger partial charge in [-0.25, -0.2) is 30.6 Å². The van der Waals surface area contributed by atoms with E-state index in [1.165, 1.54) is 13.8 Å². The Morgan fingerprint density at radius 1 is 0.351 bits per heavy atom. The van der Waals surface area contributed by atoms with Gasteiger partial charge in [-0.2, -0.15) is 120 Å². The molecule has 0 N–H and O–H groups in total. The van der Waals surface area contributed by atoms with E-state index in [0.29, 0.717) is 0 Å². The van der Waals surface area contributed by atoms with Crippen LogP contribution < -0.4 is 0 Å². The molecule has 57 heavy (non-hydrogen) atoms. The van der Waals surface area contributed by atoms with Gasteiger partial charge in [-0.05, 0) is 34.3 Å². The van der Waals surface area contributed by atoms with E-state index in [1.54, 1.807) is 12.1 Å². The summed E-state index contributed by atoms with van der Waals surface area (Å²) in [5.41, 5.74) is 12.4. The third kappa shape index (κ3) is 21.0. The predicted molar refractivity (Wildman–Crippen MR) is 228 cm³/mol. The SMILES string of the molecule is C/C(=N\N=C(/C)c1ccc[cH-]1)c1ccc[cH-]1.C/C(=N\N=C(/C)c1ccc[cH-]1)c1ccc[cH-]1.C/C(=N\N=C(/C)c1ccc[cH-]1)c1ccc[cH-]1.CC#N.CC#N.[Fe+2].[Fe+2].[Fe+2]. The van der Waals surface area contributed by atoms with Gasteiger partial charge in [-0.1, -0.05) is 41.5 Å². The Morgan fingerprint density at radius 3 is 0.561 bits per heavy atom. The molecular weight excluding hydrogens is 832 g/mol. The molecule has 6 aromatic carbocycles. The van der Waals surface area contributed by atoms with Crippen molar-refractivity contribution in [2.45, 2.75) is 55.4 Å². The molecule has 0 aliphatic carbocycles. The second kappa shape index (κ2) is 31.8. The van der Waals surface area contributed by atoms with Gasteiger partial charge in [0.1, 0.15) is 0 Å². The largest absolute Gasteiger partial charge is 2.00 e. The van der Waals surface area contributed by atoms with Gasteiger partial charge < -0.3 is 0 Å². The second-order valence-corrected chi connectivity index (χ2v) is 11.6. The summed E-state index contributed by atoms with van der Waals surface area (Å²) in [7, 11) is 0. The van der Waals surface area contributed by atoms with Crippen molar-refractivity contribution in [3.05, 3.63) is 179 Å². The number of nitriles is 2. The van der Waals surface area contributed by atoms with Gasteiger partial charge in [0.15, 0.2) is 0 Å². The van der Waals surface area contributed by atoms with Gasteiger partial charge in [0.2, 0.25) is 0 Å². The third-order valence-electron chi connectivity index (χ3n) is 7.53. The minimum atomic E-state index is 0. The molecule has 0 saturated heterocycles. The molecule has 0 bridgehead atoms. The summed E-state index contributed by atoms with van der Waals surface area (Å²) in [4.78, 5) is 0. The molecule has 6 aromatic rings. The van der Waals surface area contributed by atoms with E-state index in [1.807, 2.05) is 187 Å². The van der Waals surface area contributed by atoms with E-state index < -0.39 is 0 Å². The predicted octanol–water partition coefficient (Wildman–Crippen LogP) is 11.1. The maximum atomic E-state index is 7.32. The van der Waals surface area contributed by atoms with E-state index in [9.17, 15) is 0 Å². The molecule has 0 spiro atoms. The topological polar surface area (TPSA) is 122 Å². The molecule has 8 nitrogen and oxygen atoms in total. The Labute approximate surface area is 370 Å². The Balaban J connectivity index is 0. The van der Waals surface area contributed by atoms with Crippen molar-refractivity contribution in [3.63, 3.8) is 0 Å². The average molecular weight is 880 g/mol. The van der Waals surface area contributed by atoms with Gasteiger partial charge in [0.05, 0.1) is 12.1 Å². The fraction of sp³-hybridized carbons (Fsp3) is 0.174. The van der Waals surface area contributed by atoms with E-state index in [-0.39, 0.29) is 51.2 Å². The average Bonchev–Trinajstić information content (AvgIpc) is 4.04. The van der Waals surface area contributed by atoms with Crippen molar-refractivity contribution < 1.29 is 51.2 Å². The van der Waals surface area contributed by atoms with E-state index in [2.05, 4.69) is 30.6 Å². The minimum absolute atomic E-state index is 0. The molecule has 0 unspecified atom stereocenters. The molecule has 11 heteroatoms. The van der Waals surface area contributed by atoms with Crippen molar-refractivity contribution in [3.8, 4) is 12.1 Å². The minimum Gasteiger partial charge on any atom is -0.215 e. The first-order valence-corrected chi connectivity index (χ1v) is 17.4. The van der Waals surface area contributed by atoms with Crippen LogP contribution in [-0.4, -0.2) is 34.3 Å². The quantitative estimate of drug-likeness (QED) is 0.0621. The Bertz CT molecular complexity index is 1740. The zero-order valence-electron chi connectivity index (χ0n) is 33.5. The maximum absolute atomic E-state index is 7.32. The molecule has 0 aliphatic heterocycles. The smallest absolute Gasteiger partial charge is 0.215 e. The van der Waals surface area contributed by atoms with Crippen molar-refractivity contribution in [2.75, 3.05) is 0 Å². The van der Waals surface area contributed by atoms with Crippen molar-refractivity contribution in [2.24, 2.45) is 30.6 Å². The van der Waals surface area contributed by atoms with Crippen LogP contribution in [0.15, 0.2) is 176 Å². The first-order chi connectivity index (χ1) is 26.1. The van der Waals surface area contributed by atoms with Crippen LogP contribution in [0.5, 0.6) is 0 Å². The van der Waals surface area contributed by atoms with Crippen molar-refractivity contribution in [1.82, 2.24) is 0 Å². The number of hydrogen-bond acceptors (Lipinski definition) is 8. The summed E-state index contributed by atoms with van der Waals surface area (Å²) >= 11 is 0. The van der Waals surface area contributed by atoms with Gasteiger partial charge >= 0.3 is 51.2 Å². The molecule has 0 aliphatic rings. The van der Waals surface area contributed by atoms with E-state index >= 15 is 0 Å². The molecule has 0 amide bonds. The van der Waals surface area contributed by atoms with E-state index in [0.717, 1.165) is 67.7 Å². The molecule has 0 heterocycles. The first kappa shape index (κ1) is 53.8. The summed E-state index contributed by atoms with van der Waals surface area (Å²) in [5.74, 6) is 0. The molecule has 0 aromatic heterocycles. The molecule has 0 atom stereocenters. The molecule has 0 fully saturated rings. The van der Waals surface area contributed by atoms with Crippen LogP contribution in [0.4, 0.5) is 0 Å². The van der Waals surface area contributed by atoms with Gasteiger partial charge in [0, 0.05) is 13.8 Å². The molecule has 6 rings (SSSR count). The van der Waals surface area contributed by atoms with Crippen LogP contribution in [0, 0.1) is 22.7 Å². The maximum Gasteiger partial charge on any atom is 2.00 e. The molecular formula is C46H48Fe3N8. The van der Waals surface area contributed by atoms with Gasteiger partial charge in [0.25, 0.3) is 0 Å². The Morgan fingerprint density at radius 2 is 0.474 bits per heavy atom. The van der Waals surface area contributed by atoms with Gasteiger partial charge in [-0.15, -0.1) is 69.8 Å². The van der Waals surface area contributed by atoms with E-state index in [4.69, 9.17) is 10.5 Å². The van der Waals surface area contributed by atoms with Crippen LogP contribution in [0.3, 0.4) is 0 Å². The number of nitrogens with zero attached hydrogens (tertiary/aromatic N) is 8. The van der Waals surface area contributed by atoms with Crippen LogP contribution in [0.1, 0.15) is 88.8 Å². The summed E-state index contributed by atoms with van der Waals surface area (Å²) in [6.07, 6.45) is 0. The molecule has 296 valence electrons. The zero-order chi connectivity index (χ0) is 39.6. The number of hydrogen-bond donors (Lipinski definition) is 0. The standard InChI is InChI=1S/3C14H14N2.2C2H3N.3Fe/c3*1-11(13-7-3-4-8-13)15-16-12(2)14-9-5-6-10-14;2*1-2-3;;;/h3*3-10H,1-2H3;2*1H3;;;/q3*-2;;;3*+2/b3*15-11+,16-12+;;;;;. The Hall–Kier alpha value is -5.34. The zero-order valence-corrected chi connectivity index (χ0v) is 36.8. The van der Waals surface area contributed by atoms with Crippen LogP contribution in [0.2, 0.25) is 0 Å². The van der Waals surface area contributed by atoms with Crippen LogP contribution in [0.25, 0.3) is 0 Å². The fourth-order valence-electron chi connectivity index (χ4n) is 4.49. The van der Waals surface area contributed by atoms with Crippen LogP contribution >= 0.6 is 0 Å². The van der Waals surface area contributed by atoms with Gasteiger partial charge in [-0.3, -0.25) is 0 Å². The van der Waals surface area contributed by atoms with Crippen LogP contribution in [-0.2, 0) is 51.2 Å². The summed E-state index contributed by atoms with van der Waals surface area (Å²) in [5, 5.41) is 40.0. The third-order valence-corrected chi connectivity index (χ3v) is 7.53. The Kier molecular flexibility index (Phi) is 30.0. The summed E-state index contributed by atoms with van der Waals surface area (Å²) in [6, 6.07) is 51.9. The van der Waals surface area contributed by atoms with Crippen molar-refractivity contribution >= 4 is 34.3 Å². The first-order valence-electron chi connectivity index (χ1n) is 17.4. The summed E-state index contributed by atoms with van der Waals surface area (Å²) in [6.45, 7) is 14.7. The summed E-state index contributed by atoms with van der Waals surface area (Å²) < 4.78 is 0. The second-order valence-electron chi connectivity index (χ2n) is 11.6. The monoisotopic (exact) mass is 880 g/mol.